The number of hydrogen-bond donors (Lipinski definition) is 2. The minimum absolute atomic E-state index is 0.371. The molecule has 38 heavy (non-hydrogen) atoms. The molecule has 3 rings (SSSR count). The van der Waals surface area contributed by atoms with Gasteiger partial charge >= 0.3 is 0 Å². The van der Waals surface area contributed by atoms with Crippen LogP contribution in [0, 0.1) is 5.92 Å². The van der Waals surface area contributed by atoms with Crippen LogP contribution in [0.3, 0.4) is 0 Å². The van der Waals surface area contributed by atoms with Crippen LogP contribution in [0.15, 0.2) is 58.8 Å². The van der Waals surface area contributed by atoms with E-state index in [4.69, 9.17) is 30.6 Å². The summed E-state index contributed by atoms with van der Waals surface area (Å²) in [5, 5.41) is 7.71. The minimum Gasteiger partial charge on any atom is -0.494 e. The molecule has 1 heterocycles. The summed E-state index contributed by atoms with van der Waals surface area (Å²) in [6.07, 6.45) is 5.78. The van der Waals surface area contributed by atoms with Gasteiger partial charge in [-0.1, -0.05) is 10.3 Å². The summed E-state index contributed by atoms with van der Waals surface area (Å²) < 4.78 is 11.8. The molecule has 1 saturated heterocycles. The molecule has 0 unspecified atom stereocenters. The molecular weight excluding hydrogens is 482 g/mol. The van der Waals surface area contributed by atoms with Crippen LogP contribution in [0.25, 0.3) is 0 Å². The summed E-state index contributed by atoms with van der Waals surface area (Å²) in [5.41, 5.74) is 13.4. The maximum absolute atomic E-state index is 5.92. The molecular formula is C29H43N5O4. The van der Waals surface area contributed by atoms with Crippen molar-refractivity contribution in [3.05, 3.63) is 59.7 Å². The SMILES string of the molecule is CCO/N=C(\N)c1ccc(OCCCC2CCN(CCCOc3ccc(/C(N)=N/OCC)cc3)CC2)cc1. The smallest absolute Gasteiger partial charge is 0.170 e. The fraction of sp³-hybridized carbons (Fsp3) is 0.517. The molecule has 4 N–H and O–H groups in total. The molecule has 0 atom stereocenters. The lowest BCUT2D eigenvalue weighted by atomic mass is 9.92. The fourth-order valence-electron chi connectivity index (χ4n) is 4.36. The Kier molecular flexibility index (Phi) is 12.6. The molecule has 0 spiro atoms. The largest absolute Gasteiger partial charge is 0.494 e. The van der Waals surface area contributed by atoms with Gasteiger partial charge in [-0.25, -0.2) is 0 Å². The maximum Gasteiger partial charge on any atom is 0.170 e. The van der Waals surface area contributed by atoms with Gasteiger partial charge in [0.15, 0.2) is 11.7 Å². The van der Waals surface area contributed by atoms with Gasteiger partial charge in [0.1, 0.15) is 24.7 Å². The van der Waals surface area contributed by atoms with Crippen molar-refractivity contribution in [2.45, 2.75) is 46.0 Å². The second-order valence-electron chi connectivity index (χ2n) is 9.32. The molecule has 208 valence electrons. The quantitative estimate of drug-likeness (QED) is 0.145. The van der Waals surface area contributed by atoms with Gasteiger partial charge in [0.25, 0.3) is 0 Å². The predicted octanol–water partition coefficient (Wildman–Crippen LogP) is 4.34. The Balaban J connectivity index is 1.23. The van der Waals surface area contributed by atoms with Gasteiger partial charge in [0, 0.05) is 17.7 Å². The normalized spacial score (nSPS) is 15.3. The molecule has 9 nitrogen and oxygen atoms in total. The van der Waals surface area contributed by atoms with E-state index < -0.39 is 0 Å². The van der Waals surface area contributed by atoms with Crippen molar-refractivity contribution in [1.29, 1.82) is 0 Å². The highest BCUT2D eigenvalue weighted by molar-refractivity contribution is 5.97. The van der Waals surface area contributed by atoms with Crippen LogP contribution in [-0.2, 0) is 9.68 Å². The lowest BCUT2D eigenvalue weighted by Gasteiger charge is -2.32. The van der Waals surface area contributed by atoms with E-state index in [0.717, 1.165) is 67.6 Å². The molecule has 2 aromatic carbocycles. The fourth-order valence-corrected chi connectivity index (χ4v) is 4.36. The molecule has 0 amide bonds. The molecule has 1 aliphatic heterocycles. The molecule has 0 bridgehead atoms. The van der Waals surface area contributed by atoms with Gasteiger partial charge < -0.3 is 35.5 Å². The van der Waals surface area contributed by atoms with Crippen molar-refractivity contribution in [3.63, 3.8) is 0 Å². The summed E-state index contributed by atoms with van der Waals surface area (Å²) >= 11 is 0. The first-order chi connectivity index (χ1) is 18.6. The average molecular weight is 526 g/mol. The monoisotopic (exact) mass is 525 g/mol. The molecule has 1 fully saturated rings. The van der Waals surface area contributed by atoms with Gasteiger partial charge in [0.05, 0.1) is 13.2 Å². The Morgan fingerprint density at radius 2 is 1.24 bits per heavy atom. The summed E-state index contributed by atoms with van der Waals surface area (Å²) in [6, 6.07) is 15.3. The third kappa shape index (κ3) is 10.1. The number of rotatable bonds is 16. The van der Waals surface area contributed by atoms with Crippen LogP contribution in [0.1, 0.15) is 57.1 Å². The van der Waals surface area contributed by atoms with E-state index in [1.54, 1.807) is 0 Å². The van der Waals surface area contributed by atoms with Crippen molar-refractivity contribution in [1.82, 2.24) is 4.90 Å². The lowest BCUT2D eigenvalue weighted by molar-refractivity contribution is 0.158. The van der Waals surface area contributed by atoms with Crippen LogP contribution < -0.4 is 20.9 Å². The van der Waals surface area contributed by atoms with Gasteiger partial charge in [-0.15, -0.1) is 0 Å². The van der Waals surface area contributed by atoms with Crippen molar-refractivity contribution < 1.29 is 19.1 Å². The van der Waals surface area contributed by atoms with Crippen molar-refractivity contribution in [3.8, 4) is 11.5 Å². The third-order valence-corrected chi connectivity index (χ3v) is 6.50. The summed E-state index contributed by atoms with van der Waals surface area (Å²) in [4.78, 5) is 12.5. The summed E-state index contributed by atoms with van der Waals surface area (Å²) in [6.45, 7) is 9.54. The van der Waals surface area contributed by atoms with Crippen LogP contribution >= 0.6 is 0 Å². The van der Waals surface area contributed by atoms with E-state index in [0.29, 0.717) is 31.5 Å². The molecule has 9 heteroatoms. The Hall–Kier alpha value is -3.46. The van der Waals surface area contributed by atoms with Gasteiger partial charge in [-0.2, -0.15) is 0 Å². The van der Waals surface area contributed by atoms with E-state index in [2.05, 4.69) is 15.2 Å². The first kappa shape index (κ1) is 29.1. The number of benzene rings is 2. The predicted molar refractivity (Wildman–Crippen MR) is 152 cm³/mol. The Morgan fingerprint density at radius 1 is 0.763 bits per heavy atom. The summed E-state index contributed by atoms with van der Waals surface area (Å²) in [7, 11) is 0. The standard InChI is InChI=1S/C29H43N5O4/c1-3-37-32-28(30)24-8-12-26(13-9-24)35-21-5-7-23-16-19-34(20-17-23)18-6-22-36-27-14-10-25(11-15-27)29(31)33-38-4-2/h8-15,23H,3-7,16-22H2,1-2H3,(H2,30,32)(H2,31,33). The molecule has 0 saturated carbocycles. The number of nitrogens with two attached hydrogens (primary N) is 2. The number of nitrogens with zero attached hydrogens (tertiary/aromatic N) is 3. The number of oxime groups is 2. The zero-order valence-corrected chi connectivity index (χ0v) is 22.8. The van der Waals surface area contributed by atoms with Crippen LogP contribution in [-0.4, -0.2) is 62.6 Å². The van der Waals surface area contributed by atoms with Crippen molar-refractivity contribution in [2.75, 3.05) is 46.1 Å². The van der Waals surface area contributed by atoms with Crippen LogP contribution in [0.2, 0.25) is 0 Å². The van der Waals surface area contributed by atoms with Gasteiger partial charge in [0.2, 0.25) is 0 Å². The molecule has 0 aliphatic carbocycles. The Bertz CT molecular complexity index is 906. The molecule has 1 aliphatic rings. The zero-order valence-electron chi connectivity index (χ0n) is 22.8. The van der Waals surface area contributed by atoms with Crippen LogP contribution in [0.4, 0.5) is 0 Å². The number of likely N-dealkylation sites (tertiary alicyclic amines) is 1. The number of piperidine rings is 1. The first-order valence-electron chi connectivity index (χ1n) is 13.7. The van der Waals surface area contributed by atoms with E-state index in [1.165, 1.54) is 19.3 Å². The zero-order chi connectivity index (χ0) is 27.0. The minimum atomic E-state index is 0.371. The second kappa shape index (κ2) is 16.4. The summed E-state index contributed by atoms with van der Waals surface area (Å²) in [5.74, 6) is 3.22. The third-order valence-electron chi connectivity index (χ3n) is 6.50. The lowest BCUT2D eigenvalue weighted by Crippen LogP contribution is -2.35. The molecule has 0 radical (unpaired) electrons. The van der Waals surface area contributed by atoms with Crippen molar-refractivity contribution >= 4 is 11.7 Å². The number of hydrogen-bond acceptors (Lipinski definition) is 7. The molecule has 2 aromatic rings. The van der Waals surface area contributed by atoms with E-state index in [-0.39, 0.29) is 0 Å². The Morgan fingerprint density at radius 3 is 1.71 bits per heavy atom. The van der Waals surface area contributed by atoms with Gasteiger partial charge in [-0.05, 0) is 113 Å². The van der Waals surface area contributed by atoms with Crippen LogP contribution in [0.5, 0.6) is 11.5 Å². The highest BCUT2D eigenvalue weighted by atomic mass is 16.6. The van der Waals surface area contributed by atoms with Gasteiger partial charge in [-0.3, -0.25) is 0 Å². The number of ether oxygens (including phenoxy) is 2. The number of amidine groups is 2. The second-order valence-corrected chi connectivity index (χ2v) is 9.32. The molecule has 0 aromatic heterocycles. The van der Waals surface area contributed by atoms with E-state index in [1.807, 2.05) is 62.4 Å². The highest BCUT2D eigenvalue weighted by Crippen LogP contribution is 2.22. The average Bonchev–Trinajstić information content (AvgIpc) is 2.96. The van der Waals surface area contributed by atoms with E-state index in [9.17, 15) is 0 Å². The maximum atomic E-state index is 5.92. The van der Waals surface area contributed by atoms with Crippen molar-refractivity contribution in [2.24, 2.45) is 27.7 Å². The topological polar surface area (TPSA) is 117 Å². The highest BCUT2D eigenvalue weighted by Gasteiger charge is 2.18. The first-order valence-corrected chi connectivity index (χ1v) is 13.7. The van der Waals surface area contributed by atoms with E-state index >= 15 is 0 Å². The Labute approximate surface area is 226 Å².